The molecule has 0 saturated carbocycles. The van der Waals surface area contributed by atoms with Crippen LogP contribution in [0.4, 0.5) is 17.6 Å². The van der Waals surface area contributed by atoms with Crippen LogP contribution in [0.5, 0.6) is 0 Å². The molecule has 2 N–H and O–H groups in total. The Labute approximate surface area is 166 Å². The fraction of sp³-hybridized carbons (Fsp3) is 0.278. The Morgan fingerprint density at radius 3 is 2.66 bits per heavy atom. The molecule has 6 nitrogen and oxygen atoms in total. The first kappa shape index (κ1) is 20.9. The standard InChI is InChI=1S/C18H17F4N5OS/c19-7-12(8-23)10-27-17(28)26(11-25-27)6-5-14-2-3-15(29-14)13-1-4-16(24-9-13)18(20,21)22/h1-4,7,9,11H,5-6,8,10,23H2/b12-7+. The maximum absolute atomic E-state index is 12.6. The normalized spacial score (nSPS) is 12.5. The minimum absolute atomic E-state index is 0.00736. The summed E-state index contributed by atoms with van der Waals surface area (Å²) in [7, 11) is 0. The zero-order valence-electron chi connectivity index (χ0n) is 15.1. The number of hydrogen-bond donors (Lipinski definition) is 1. The Morgan fingerprint density at radius 2 is 2.03 bits per heavy atom. The number of rotatable bonds is 7. The van der Waals surface area contributed by atoms with Gasteiger partial charge in [-0.3, -0.25) is 9.55 Å². The second-order valence-corrected chi connectivity index (χ2v) is 7.35. The fourth-order valence-corrected chi connectivity index (χ4v) is 3.56. The highest BCUT2D eigenvalue weighted by molar-refractivity contribution is 7.15. The van der Waals surface area contributed by atoms with Crippen LogP contribution in [0, 0.1) is 0 Å². The molecule has 29 heavy (non-hydrogen) atoms. The second kappa shape index (κ2) is 8.70. The molecule has 0 spiro atoms. The Morgan fingerprint density at radius 1 is 1.24 bits per heavy atom. The van der Waals surface area contributed by atoms with E-state index in [-0.39, 0.29) is 24.4 Å². The van der Waals surface area contributed by atoms with Crippen LogP contribution in [0.15, 0.2) is 53.5 Å². The van der Waals surface area contributed by atoms with Crippen molar-refractivity contribution in [3.05, 3.63) is 69.7 Å². The maximum atomic E-state index is 12.6. The van der Waals surface area contributed by atoms with Crippen LogP contribution in [-0.4, -0.2) is 25.9 Å². The first-order valence-electron chi connectivity index (χ1n) is 8.54. The third-order valence-electron chi connectivity index (χ3n) is 4.17. The van der Waals surface area contributed by atoms with Crippen LogP contribution in [0.3, 0.4) is 0 Å². The summed E-state index contributed by atoms with van der Waals surface area (Å²) in [6.07, 6.45) is -0.993. The van der Waals surface area contributed by atoms with Crippen molar-refractivity contribution in [3.8, 4) is 10.4 Å². The molecule has 0 fully saturated rings. The predicted molar refractivity (Wildman–Crippen MR) is 101 cm³/mol. The van der Waals surface area contributed by atoms with Gasteiger partial charge in [0.1, 0.15) is 12.0 Å². The maximum Gasteiger partial charge on any atom is 0.433 e. The number of nitrogens with zero attached hydrogens (tertiary/aromatic N) is 4. The van der Waals surface area contributed by atoms with Gasteiger partial charge in [-0.1, -0.05) is 0 Å². The molecule has 3 heterocycles. The van der Waals surface area contributed by atoms with Crippen LogP contribution >= 0.6 is 11.3 Å². The summed E-state index contributed by atoms with van der Waals surface area (Å²) in [6.45, 7) is 0.344. The van der Waals surface area contributed by atoms with Gasteiger partial charge in [0.05, 0.1) is 12.9 Å². The average molecular weight is 427 g/mol. The summed E-state index contributed by atoms with van der Waals surface area (Å²) in [6, 6.07) is 5.99. The number of halogens is 4. The molecule has 3 aromatic heterocycles. The lowest BCUT2D eigenvalue weighted by molar-refractivity contribution is -0.141. The van der Waals surface area contributed by atoms with Crippen LogP contribution in [0.1, 0.15) is 10.6 Å². The fourth-order valence-electron chi connectivity index (χ4n) is 2.57. The molecule has 0 radical (unpaired) electrons. The summed E-state index contributed by atoms with van der Waals surface area (Å²) in [5.74, 6) is 0. The highest BCUT2D eigenvalue weighted by atomic mass is 32.1. The van der Waals surface area contributed by atoms with Crippen molar-refractivity contribution in [2.24, 2.45) is 5.73 Å². The molecule has 3 aromatic rings. The van der Waals surface area contributed by atoms with Crippen molar-refractivity contribution in [2.45, 2.75) is 25.7 Å². The SMILES string of the molecule is NC/C(=C\F)Cn1ncn(CCc2ccc(-c3ccc(C(F)(F)F)nc3)s2)c1=O. The van der Waals surface area contributed by atoms with Crippen molar-refractivity contribution < 1.29 is 17.6 Å². The lowest BCUT2D eigenvalue weighted by Crippen LogP contribution is -2.27. The quantitative estimate of drug-likeness (QED) is 0.587. The van der Waals surface area contributed by atoms with E-state index in [2.05, 4.69) is 10.1 Å². The van der Waals surface area contributed by atoms with Crippen LogP contribution in [0.25, 0.3) is 10.4 Å². The summed E-state index contributed by atoms with van der Waals surface area (Å²) in [5.41, 5.74) is 4.92. The number of nitrogens with two attached hydrogens (primary N) is 1. The predicted octanol–water partition coefficient (Wildman–Crippen LogP) is 3.24. The van der Waals surface area contributed by atoms with Gasteiger partial charge in [0.25, 0.3) is 0 Å². The molecular formula is C18H17F4N5OS. The molecule has 0 saturated heterocycles. The van der Waals surface area contributed by atoms with Crippen molar-refractivity contribution in [2.75, 3.05) is 6.54 Å². The zero-order valence-corrected chi connectivity index (χ0v) is 15.9. The lowest BCUT2D eigenvalue weighted by atomic mass is 10.2. The van der Waals surface area contributed by atoms with Gasteiger partial charge in [0.15, 0.2) is 0 Å². The first-order valence-corrected chi connectivity index (χ1v) is 9.36. The van der Waals surface area contributed by atoms with Crippen molar-refractivity contribution in [1.82, 2.24) is 19.3 Å². The van der Waals surface area contributed by atoms with Crippen LogP contribution < -0.4 is 11.4 Å². The van der Waals surface area contributed by atoms with E-state index < -0.39 is 11.9 Å². The summed E-state index contributed by atoms with van der Waals surface area (Å²) >= 11 is 1.41. The first-order chi connectivity index (χ1) is 13.8. The Bertz CT molecular complexity index is 1050. The van der Waals surface area contributed by atoms with Crippen molar-refractivity contribution >= 4 is 11.3 Å². The number of pyridine rings is 1. The van der Waals surface area contributed by atoms with E-state index in [0.717, 1.165) is 20.5 Å². The molecule has 0 amide bonds. The van der Waals surface area contributed by atoms with Gasteiger partial charge in [0, 0.05) is 34.6 Å². The molecule has 0 unspecified atom stereocenters. The Hall–Kier alpha value is -2.79. The van der Waals surface area contributed by atoms with Gasteiger partial charge in [-0.2, -0.15) is 18.3 Å². The molecule has 0 aliphatic rings. The third-order valence-corrected chi connectivity index (χ3v) is 5.36. The smallest absolute Gasteiger partial charge is 0.327 e. The molecule has 0 atom stereocenters. The number of alkyl halides is 3. The molecule has 3 rings (SSSR count). The summed E-state index contributed by atoms with van der Waals surface area (Å²) in [4.78, 5) is 17.5. The molecule has 154 valence electrons. The lowest BCUT2D eigenvalue weighted by Gasteiger charge is -2.05. The number of aryl methyl sites for hydroxylation is 2. The van der Waals surface area contributed by atoms with Crippen LogP contribution in [0.2, 0.25) is 0 Å². The van der Waals surface area contributed by atoms with E-state index in [1.165, 1.54) is 34.5 Å². The molecule has 11 heteroatoms. The summed E-state index contributed by atoms with van der Waals surface area (Å²) < 4.78 is 53.0. The minimum Gasteiger partial charge on any atom is -0.327 e. The van der Waals surface area contributed by atoms with Gasteiger partial charge < -0.3 is 5.73 Å². The zero-order chi connectivity index (χ0) is 21.0. The van der Waals surface area contributed by atoms with Gasteiger partial charge in [-0.25, -0.2) is 13.9 Å². The molecule has 0 aliphatic heterocycles. The van der Waals surface area contributed by atoms with Gasteiger partial charge in [-0.05, 0) is 36.3 Å². The Balaban J connectivity index is 1.66. The third kappa shape index (κ3) is 4.98. The van der Waals surface area contributed by atoms with Crippen molar-refractivity contribution in [3.63, 3.8) is 0 Å². The van der Waals surface area contributed by atoms with E-state index in [1.807, 2.05) is 6.07 Å². The molecule has 0 aliphatic carbocycles. The largest absolute Gasteiger partial charge is 0.433 e. The Kier molecular flexibility index (Phi) is 6.28. The minimum atomic E-state index is -4.47. The van der Waals surface area contributed by atoms with E-state index in [0.29, 0.717) is 24.9 Å². The van der Waals surface area contributed by atoms with E-state index in [1.54, 1.807) is 6.07 Å². The molecule has 0 bridgehead atoms. The van der Waals surface area contributed by atoms with Gasteiger partial charge in [0.2, 0.25) is 0 Å². The number of thiophene rings is 1. The monoisotopic (exact) mass is 427 g/mol. The molecular weight excluding hydrogens is 410 g/mol. The van der Waals surface area contributed by atoms with Gasteiger partial charge >= 0.3 is 11.9 Å². The van der Waals surface area contributed by atoms with Crippen molar-refractivity contribution in [1.29, 1.82) is 0 Å². The summed E-state index contributed by atoms with van der Waals surface area (Å²) in [5, 5.41) is 3.95. The van der Waals surface area contributed by atoms with E-state index in [4.69, 9.17) is 5.73 Å². The topological polar surface area (TPSA) is 78.7 Å². The highest BCUT2D eigenvalue weighted by Crippen LogP contribution is 2.31. The van der Waals surface area contributed by atoms with E-state index in [9.17, 15) is 22.4 Å². The second-order valence-electron chi connectivity index (χ2n) is 6.18. The van der Waals surface area contributed by atoms with E-state index >= 15 is 0 Å². The van der Waals surface area contributed by atoms with Gasteiger partial charge in [-0.15, -0.1) is 11.3 Å². The highest BCUT2D eigenvalue weighted by Gasteiger charge is 2.32. The average Bonchev–Trinajstić information content (AvgIpc) is 3.31. The van der Waals surface area contributed by atoms with Crippen LogP contribution in [-0.2, 0) is 25.7 Å². The number of aromatic nitrogens is 4. The molecule has 0 aromatic carbocycles. The number of hydrogen-bond acceptors (Lipinski definition) is 5.